The van der Waals surface area contributed by atoms with Crippen LogP contribution in [0.4, 0.5) is 0 Å². The Kier molecular flexibility index (Phi) is 5.55. The first kappa shape index (κ1) is 16.0. The number of halogens is 1. The van der Waals surface area contributed by atoms with E-state index < -0.39 is 11.9 Å². The fraction of sp³-hybridized carbons (Fsp3) is 0.125. The number of hydrogen-bond acceptors (Lipinski definition) is 5. The molecule has 0 N–H and O–H groups in total. The molecule has 6 heteroatoms. The van der Waals surface area contributed by atoms with Gasteiger partial charge in [-0.15, -0.1) is 0 Å². The minimum atomic E-state index is -0.482. The van der Waals surface area contributed by atoms with Crippen LogP contribution < -0.4 is 0 Å². The molecule has 2 aromatic rings. The van der Waals surface area contributed by atoms with Gasteiger partial charge in [0.1, 0.15) is 12.4 Å². The number of esters is 2. The fourth-order valence-electron chi connectivity index (χ4n) is 1.63. The summed E-state index contributed by atoms with van der Waals surface area (Å²) in [5.74, 6) is -0.341. The molecule has 0 amide bonds. The molecule has 0 bridgehead atoms. The topological polar surface area (TPSA) is 65.7 Å². The third kappa shape index (κ3) is 4.60. The molecule has 1 aromatic carbocycles. The van der Waals surface area contributed by atoms with Crippen molar-refractivity contribution in [3.63, 3.8) is 0 Å². The second kappa shape index (κ2) is 7.61. The van der Waals surface area contributed by atoms with Crippen LogP contribution in [0.25, 0.3) is 6.08 Å². The van der Waals surface area contributed by atoms with Crippen molar-refractivity contribution in [1.29, 1.82) is 0 Å². The SMILES string of the molecule is COC(=O)c1ccc(COC(=O)/C=C/c2ccc(Br)o2)cc1. The molecule has 0 atom stereocenters. The molecule has 114 valence electrons. The van der Waals surface area contributed by atoms with Crippen LogP contribution in [0.2, 0.25) is 0 Å². The first-order valence-corrected chi connectivity index (χ1v) is 7.15. The third-order valence-electron chi connectivity index (χ3n) is 2.73. The number of benzene rings is 1. The van der Waals surface area contributed by atoms with Crippen molar-refractivity contribution >= 4 is 33.9 Å². The van der Waals surface area contributed by atoms with Gasteiger partial charge in [0.15, 0.2) is 4.67 Å². The van der Waals surface area contributed by atoms with Crippen LogP contribution in [0.3, 0.4) is 0 Å². The highest BCUT2D eigenvalue weighted by molar-refractivity contribution is 9.10. The summed E-state index contributed by atoms with van der Waals surface area (Å²) in [5, 5.41) is 0. The second-order valence-electron chi connectivity index (χ2n) is 4.27. The highest BCUT2D eigenvalue weighted by Gasteiger charge is 2.05. The molecule has 0 saturated heterocycles. The monoisotopic (exact) mass is 364 g/mol. The lowest BCUT2D eigenvalue weighted by Gasteiger charge is -2.03. The maximum atomic E-state index is 11.6. The van der Waals surface area contributed by atoms with Gasteiger partial charge in [-0.2, -0.15) is 0 Å². The minimum absolute atomic E-state index is 0.118. The van der Waals surface area contributed by atoms with Gasteiger partial charge >= 0.3 is 11.9 Å². The predicted molar refractivity (Wildman–Crippen MR) is 83.0 cm³/mol. The quantitative estimate of drug-likeness (QED) is 0.599. The average molecular weight is 365 g/mol. The summed E-state index contributed by atoms with van der Waals surface area (Å²) in [5.41, 5.74) is 1.22. The Morgan fingerprint density at radius 3 is 2.50 bits per heavy atom. The number of carbonyl (C=O) groups is 2. The highest BCUT2D eigenvalue weighted by atomic mass is 79.9. The lowest BCUT2D eigenvalue weighted by atomic mass is 10.1. The van der Waals surface area contributed by atoms with E-state index in [2.05, 4.69) is 20.7 Å². The van der Waals surface area contributed by atoms with Gasteiger partial charge in [0, 0.05) is 6.08 Å². The Labute approximate surface area is 135 Å². The third-order valence-corrected chi connectivity index (χ3v) is 3.16. The van der Waals surface area contributed by atoms with Crippen molar-refractivity contribution in [3.05, 3.63) is 64.0 Å². The molecule has 0 radical (unpaired) electrons. The van der Waals surface area contributed by atoms with E-state index in [1.807, 2.05) is 0 Å². The molecule has 0 aliphatic carbocycles. The number of rotatable bonds is 5. The predicted octanol–water partition coefficient (Wildman–Crippen LogP) is 3.59. The van der Waals surface area contributed by atoms with Crippen LogP contribution in [-0.4, -0.2) is 19.0 Å². The summed E-state index contributed by atoms with van der Waals surface area (Å²) in [7, 11) is 1.32. The van der Waals surface area contributed by atoms with Crippen molar-refractivity contribution in [2.75, 3.05) is 7.11 Å². The molecule has 0 saturated carbocycles. The molecule has 22 heavy (non-hydrogen) atoms. The lowest BCUT2D eigenvalue weighted by Crippen LogP contribution is -2.03. The number of methoxy groups -OCH3 is 1. The van der Waals surface area contributed by atoms with Crippen LogP contribution in [0.5, 0.6) is 0 Å². The lowest BCUT2D eigenvalue weighted by molar-refractivity contribution is -0.138. The van der Waals surface area contributed by atoms with Crippen LogP contribution >= 0.6 is 15.9 Å². The first-order valence-electron chi connectivity index (χ1n) is 6.36. The van der Waals surface area contributed by atoms with Gasteiger partial charge in [0.2, 0.25) is 0 Å². The Morgan fingerprint density at radius 1 is 1.18 bits per heavy atom. The summed E-state index contributed by atoms with van der Waals surface area (Å²) in [4.78, 5) is 22.9. The Balaban J connectivity index is 1.85. The molecule has 0 fully saturated rings. The van der Waals surface area contributed by atoms with E-state index in [4.69, 9.17) is 9.15 Å². The molecule has 0 aliphatic rings. The number of furan rings is 1. The van der Waals surface area contributed by atoms with Crippen LogP contribution in [0.1, 0.15) is 21.7 Å². The zero-order valence-electron chi connectivity index (χ0n) is 11.7. The van der Waals surface area contributed by atoms with Crippen molar-refractivity contribution in [2.45, 2.75) is 6.61 Å². The summed E-state index contributed by atoms with van der Waals surface area (Å²) in [6.07, 6.45) is 2.81. The fourth-order valence-corrected chi connectivity index (χ4v) is 1.94. The van der Waals surface area contributed by atoms with E-state index in [0.29, 0.717) is 16.0 Å². The van der Waals surface area contributed by atoms with E-state index in [9.17, 15) is 9.59 Å². The van der Waals surface area contributed by atoms with Gasteiger partial charge in [-0.1, -0.05) is 12.1 Å². The highest BCUT2D eigenvalue weighted by Crippen LogP contribution is 2.15. The zero-order chi connectivity index (χ0) is 15.9. The van der Waals surface area contributed by atoms with Crippen LogP contribution in [0, 0.1) is 0 Å². The van der Waals surface area contributed by atoms with Crippen molar-refractivity contribution in [3.8, 4) is 0 Å². The summed E-state index contributed by atoms with van der Waals surface area (Å²) in [6.45, 7) is 0.118. The van der Waals surface area contributed by atoms with Gasteiger partial charge in [-0.05, 0) is 51.8 Å². The van der Waals surface area contributed by atoms with E-state index >= 15 is 0 Å². The summed E-state index contributed by atoms with van der Waals surface area (Å²) >= 11 is 3.17. The number of carbonyl (C=O) groups excluding carboxylic acids is 2. The smallest absolute Gasteiger partial charge is 0.337 e. The summed E-state index contributed by atoms with van der Waals surface area (Å²) in [6, 6.07) is 10.1. The average Bonchev–Trinajstić information content (AvgIpc) is 2.96. The second-order valence-corrected chi connectivity index (χ2v) is 5.05. The van der Waals surface area contributed by atoms with Gasteiger partial charge in [0.25, 0.3) is 0 Å². The van der Waals surface area contributed by atoms with Crippen LogP contribution in [0.15, 0.2) is 51.6 Å². The van der Waals surface area contributed by atoms with Gasteiger partial charge in [0.05, 0.1) is 12.7 Å². The molecule has 1 heterocycles. The van der Waals surface area contributed by atoms with E-state index in [0.717, 1.165) is 5.56 Å². The Bertz CT molecular complexity index is 685. The molecular formula is C16H13BrO5. The largest absolute Gasteiger partial charge is 0.465 e. The first-order chi connectivity index (χ1) is 10.6. The van der Waals surface area contributed by atoms with Gasteiger partial charge in [-0.25, -0.2) is 9.59 Å². The Morgan fingerprint density at radius 2 is 1.91 bits per heavy atom. The van der Waals surface area contributed by atoms with Crippen LogP contribution in [-0.2, 0) is 20.9 Å². The van der Waals surface area contributed by atoms with E-state index in [1.165, 1.54) is 19.3 Å². The molecule has 5 nitrogen and oxygen atoms in total. The number of hydrogen-bond donors (Lipinski definition) is 0. The van der Waals surface area contributed by atoms with Gasteiger partial charge in [-0.3, -0.25) is 0 Å². The zero-order valence-corrected chi connectivity index (χ0v) is 13.3. The maximum Gasteiger partial charge on any atom is 0.337 e. The normalized spacial score (nSPS) is 10.6. The molecule has 0 aliphatic heterocycles. The van der Waals surface area contributed by atoms with Crippen molar-refractivity contribution < 1.29 is 23.5 Å². The maximum absolute atomic E-state index is 11.6. The van der Waals surface area contributed by atoms with E-state index in [-0.39, 0.29) is 6.61 Å². The molecule has 1 aromatic heterocycles. The standard InChI is InChI=1S/C16H13BrO5/c1-20-16(19)12-4-2-11(3-5-12)10-21-15(18)9-7-13-6-8-14(17)22-13/h2-9H,10H2,1H3/b9-7+. The summed E-state index contributed by atoms with van der Waals surface area (Å²) < 4.78 is 15.5. The molecule has 0 unspecified atom stereocenters. The van der Waals surface area contributed by atoms with Gasteiger partial charge < -0.3 is 13.9 Å². The van der Waals surface area contributed by atoms with E-state index in [1.54, 1.807) is 36.4 Å². The minimum Gasteiger partial charge on any atom is -0.465 e. The Hall–Kier alpha value is -2.34. The molecule has 2 rings (SSSR count). The molecule has 0 spiro atoms. The van der Waals surface area contributed by atoms with Crippen molar-refractivity contribution in [2.24, 2.45) is 0 Å². The van der Waals surface area contributed by atoms with Crippen molar-refractivity contribution in [1.82, 2.24) is 0 Å². The number of ether oxygens (including phenoxy) is 2. The molecular weight excluding hydrogens is 352 g/mol.